The summed E-state index contributed by atoms with van der Waals surface area (Å²) in [6.07, 6.45) is 3.37. The van der Waals surface area contributed by atoms with Gasteiger partial charge in [0.05, 0.1) is 6.20 Å². The van der Waals surface area contributed by atoms with E-state index >= 15 is 0 Å². The monoisotopic (exact) mass is 386 g/mol. The number of hydrogen-bond donors (Lipinski definition) is 1. The van der Waals surface area contributed by atoms with Crippen molar-refractivity contribution in [2.75, 3.05) is 5.32 Å². The number of imidazole rings is 1. The van der Waals surface area contributed by atoms with Crippen LogP contribution in [0.4, 0.5) is 5.69 Å². The molecule has 0 aliphatic heterocycles. The second-order valence-electron chi connectivity index (χ2n) is 6.18. The molecule has 2 aromatic carbocycles. The molecule has 4 rings (SSSR count). The van der Waals surface area contributed by atoms with E-state index in [1.807, 2.05) is 25.1 Å². The molecule has 2 heterocycles. The van der Waals surface area contributed by atoms with Gasteiger partial charge in [-0.05, 0) is 66.9 Å². The van der Waals surface area contributed by atoms with Crippen LogP contribution < -0.4 is 5.32 Å². The Bertz CT molecular complexity index is 1230. The number of fused-ring (bicyclic) bond motifs is 1. The Morgan fingerprint density at radius 1 is 1.11 bits per heavy atom. The van der Waals surface area contributed by atoms with Crippen molar-refractivity contribution in [3.8, 4) is 11.8 Å². The average molecular weight is 387 g/mol. The Hall–Kier alpha value is -3.62. The molecule has 4 aromatic rings. The molecule has 6 heteroatoms. The molecule has 0 saturated heterocycles. The smallest absolute Gasteiger partial charge is 0.255 e. The molecule has 28 heavy (non-hydrogen) atoms. The number of carbonyl (C=O) groups is 1. The normalized spacial score (nSPS) is 10.4. The number of aromatic nitrogens is 3. The zero-order valence-corrected chi connectivity index (χ0v) is 15.7. The minimum Gasteiger partial charge on any atom is -0.322 e. The molecule has 1 N–H and O–H groups in total. The lowest BCUT2D eigenvalue weighted by Crippen LogP contribution is -2.12. The summed E-state index contributed by atoms with van der Waals surface area (Å²) >= 11 is 5.88. The van der Waals surface area contributed by atoms with Crippen LogP contribution in [0.2, 0.25) is 5.02 Å². The van der Waals surface area contributed by atoms with E-state index in [-0.39, 0.29) is 5.91 Å². The molecule has 0 bridgehead atoms. The van der Waals surface area contributed by atoms with E-state index < -0.39 is 0 Å². The molecule has 5 nitrogen and oxygen atoms in total. The fraction of sp³-hybridized carbons (Fsp3) is 0.0455. The van der Waals surface area contributed by atoms with Crippen molar-refractivity contribution in [1.29, 1.82) is 0 Å². The first-order valence-electron chi connectivity index (χ1n) is 8.58. The van der Waals surface area contributed by atoms with E-state index in [1.165, 1.54) is 0 Å². The molecule has 136 valence electrons. The molecule has 0 fully saturated rings. The molecule has 0 saturated carbocycles. The summed E-state index contributed by atoms with van der Waals surface area (Å²) in [6.45, 7) is 1.96. The van der Waals surface area contributed by atoms with Crippen LogP contribution in [0, 0.1) is 18.8 Å². The first-order valence-corrected chi connectivity index (χ1v) is 8.96. The first-order chi connectivity index (χ1) is 13.6. The Balaban J connectivity index is 1.61. The maximum atomic E-state index is 12.6. The van der Waals surface area contributed by atoms with Gasteiger partial charge in [0.2, 0.25) is 0 Å². The SMILES string of the molecule is Cc1ccc(C(=O)Nc2ccc(Cl)cc2)cc1C#Cc1cnc2cccnn12. The quantitative estimate of drug-likeness (QED) is 0.521. The largest absolute Gasteiger partial charge is 0.322 e. The third-order valence-electron chi connectivity index (χ3n) is 4.20. The lowest BCUT2D eigenvalue weighted by Gasteiger charge is -2.07. The van der Waals surface area contributed by atoms with Gasteiger partial charge in [-0.3, -0.25) is 4.79 Å². The van der Waals surface area contributed by atoms with Gasteiger partial charge in [0.1, 0.15) is 5.69 Å². The van der Waals surface area contributed by atoms with Crippen molar-refractivity contribution >= 4 is 28.8 Å². The van der Waals surface area contributed by atoms with Crippen LogP contribution in [0.5, 0.6) is 0 Å². The highest BCUT2D eigenvalue weighted by Gasteiger charge is 2.08. The summed E-state index contributed by atoms with van der Waals surface area (Å²) in [7, 11) is 0. The number of benzene rings is 2. The minimum atomic E-state index is -0.207. The van der Waals surface area contributed by atoms with Gasteiger partial charge in [0, 0.05) is 28.0 Å². The minimum absolute atomic E-state index is 0.207. The zero-order chi connectivity index (χ0) is 19.5. The van der Waals surface area contributed by atoms with Crippen molar-refractivity contribution in [2.24, 2.45) is 0 Å². The van der Waals surface area contributed by atoms with Crippen molar-refractivity contribution in [2.45, 2.75) is 6.92 Å². The number of hydrogen-bond acceptors (Lipinski definition) is 3. The maximum absolute atomic E-state index is 12.6. The predicted molar refractivity (Wildman–Crippen MR) is 110 cm³/mol. The molecule has 2 aromatic heterocycles. The van der Waals surface area contributed by atoms with Gasteiger partial charge in [-0.2, -0.15) is 5.10 Å². The molecule has 0 aliphatic carbocycles. The van der Waals surface area contributed by atoms with Crippen LogP contribution in [0.3, 0.4) is 0 Å². The molecule has 1 amide bonds. The summed E-state index contributed by atoms with van der Waals surface area (Å²) in [5, 5.41) is 7.73. The van der Waals surface area contributed by atoms with Crippen molar-refractivity contribution in [3.05, 3.63) is 94.4 Å². The average Bonchev–Trinajstić information content (AvgIpc) is 3.12. The molecular weight excluding hydrogens is 372 g/mol. The van der Waals surface area contributed by atoms with Crippen LogP contribution in [0.15, 0.2) is 67.0 Å². The van der Waals surface area contributed by atoms with E-state index in [1.54, 1.807) is 53.3 Å². The lowest BCUT2D eigenvalue weighted by molar-refractivity contribution is 0.102. The van der Waals surface area contributed by atoms with Crippen LogP contribution in [0.25, 0.3) is 5.65 Å². The number of nitrogens with one attached hydrogen (secondary N) is 1. The summed E-state index contributed by atoms with van der Waals surface area (Å²) in [4.78, 5) is 16.8. The highest BCUT2D eigenvalue weighted by molar-refractivity contribution is 6.30. The number of rotatable bonds is 2. The predicted octanol–water partition coefficient (Wildman–Crippen LogP) is 4.34. The fourth-order valence-corrected chi connectivity index (χ4v) is 2.81. The van der Waals surface area contributed by atoms with Gasteiger partial charge >= 0.3 is 0 Å². The lowest BCUT2D eigenvalue weighted by atomic mass is 10.0. The number of aryl methyl sites for hydroxylation is 1. The number of carbonyl (C=O) groups excluding carboxylic acids is 1. The Labute approximate surface area is 167 Å². The third kappa shape index (κ3) is 3.73. The summed E-state index contributed by atoms with van der Waals surface area (Å²) < 4.78 is 1.68. The van der Waals surface area contributed by atoms with Gasteiger partial charge in [-0.25, -0.2) is 9.50 Å². The van der Waals surface area contributed by atoms with Crippen molar-refractivity contribution < 1.29 is 4.79 Å². The zero-order valence-electron chi connectivity index (χ0n) is 15.0. The number of halogens is 1. The molecule has 0 aliphatic rings. The van der Waals surface area contributed by atoms with E-state index in [0.717, 1.165) is 16.8 Å². The van der Waals surface area contributed by atoms with Crippen LogP contribution >= 0.6 is 11.6 Å². The summed E-state index contributed by atoms with van der Waals surface area (Å²) in [6, 6.07) is 16.1. The number of nitrogens with zero attached hydrogens (tertiary/aromatic N) is 3. The van der Waals surface area contributed by atoms with Crippen molar-refractivity contribution in [1.82, 2.24) is 14.6 Å². The van der Waals surface area contributed by atoms with Gasteiger partial charge < -0.3 is 5.32 Å². The Morgan fingerprint density at radius 3 is 2.75 bits per heavy atom. The van der Waals surface area contributed by atoms with E-state index in [4.69, 9.17) is 11.6 Å². The van der Waals surface area contributed by atoms with Gasteiger partial charge in [-0.15, -0.1) is 0 Å². The highest BCUT2D eigenvalue weighted by Crippen LogP contribution is 2.16. The van der Waals surface area contributed by atoms with Crippen LogP contribution in [-0.4, -0.2) is 20.5 Å². The standard InChI is InChI=1S/C22H15ClN4O/c1-15-4-5-17(22(28)26-19-9-7-18(23)8-10-19)13-16(15)6-11-20-14-24-21-3-2-12-25-27(20)21/h2-5,7-10,12-14H,1H3,(H,26,28). The van der Waals surface area contributed by atoms with Crippen molar-refractivity contribution in [3.63, 3.8) is 0 Å². The van der Waals surface area contributed by atoms with E-state index in [2.05, 4.69) is 27.2 Å². The summed E-state index contributed by atoms with van der Waals surface area (Å²) in [5.41, 5.74) is 4.39. The third-order valence-corrected chi connectivity index (χ3v) is 4.46. The van der Waals surface area contributed by atoms with Crippen LogP contribution in [-0.2, 0) is 0 Å². The van der Waals surface area contributed by atoms with E-state index in [0.29, 0.717) is 22.0 Å². The van der Waals surface area contributed by atoms with E-state index in [9.17, 15) is 4.79 Å². The number of anilines is 1. The topological polar surface area (TPSA) is 59.3 Å². The second kappa shape index (κ2) is 7.55. The Morgan fingerprint density at radius 2 is 1.93 bits per heavy atom. The molecule has 0 unspecified atom stereocenters. The first kappa shape index (κ1) is 17.8. The van der Waals surface area contributed by atoms with Gasteiger partial charge in [-0.1, -0.05) is 23.6 Å². The Kier molecular flexibility index (Phi) is 4.79. The van der Waals surface area contributed by atoms with Gasteiger partial charge in [0.15, 0.2) is 5.65 Å². The fourth-order valence-electron chi connectivity index (χ4n) is 2.68. The highest BCUT2D eigenvalue weighted by atomic mass is 35.5. The second-order valence-corrected chi connectivity index (χ2v) is 6.61. The summed E-state index contributed by atoms with van der Waals surface area (Å²) in [5.74, 6) is 6.01. The molecular formula is C22H15ClN4O. The molecule has 0 spiro atoms. The van der Waals surface area contributed by atoms with Gasteiger partial charge in [0.25, 0.3) is 5.91 Å². The molecule has 0 atom stereocenters. The number of amides is 1. The molecule has 0 radical (unpaired) electrons. The maximum Gasteiger partial charge on any atom is 0.255 e. The van der Waals surface area contributed by atoms with Crippen LogP contribution in [0.1, 0.15) is 27.2 Å².